The van der Waals surface area contributed by atoms with E-state index in [0.29, 0.717) is 5.56 Å². The van der Waals surface area contributed by atoms with Crippen molar-refractivity contribution in [1.29, 1.82) is 5.41 Å². The molecule has 4 nitrogen and oxygen atoms in total. The number of fused-ring (bicyclic) bond motifs is 2. The van der Waals surface area contributed by atoms with Crippen LogP contribution in [0.15, 0.2) is 36.4 Å². The average Bonchev–Trinajstić information content (AvgIpc) is 2.41. The third-order valence-corrected chi connectivity index (χ3v) is 3.23. The molecule has 0 amide bonds. The van der Waals surface area contributed by atoms with Crippen LogP contribution in [0.5, 0.6) is 0 Å². The van der Waals surface area contributed by atoms with E-state index in [-0.39, 0.29) is 17.1 Å². The third-order valence-electron chi connectivity index (χ3n) is 3.23. The first-order chi connectivity index (χ1) is 8.59. The lowest BCUT2D eigenvalue weighted by molar-refractivity contribution is 0.0949. The first-order valence-corrected chi connectivity index (χ1v) is 5.55. The number of rotatable bonds is 0. The summed E-state index contributed by atoms with van der Waals surface area (Å²) in [6, 6.07) is 9.67. The Bertz CT molecular complexity index is 719. The summed E-state index contributed by atoms with van der Waals surface area (Å²) in [7, 11) is 0. The predicted molar refractivity (Wildman–Crippen MR) is 68.3 cm³/mol. The van der Waals surface area contributed by atoms with E-state index in [1.807, 2.05) is 24.3 Å². The van der Waals surface area contributed by atoms with E-state index in [1.165, 1.54) is 0 Å². The summed E-state index contributed by atoms with van der Waals surface area (Å²) < 4.78 is 0. The molecule has 1 aliphatic carbocycles. The van der Waals surface area contributed by atoms with Crippen molar-refractivity contribution in [1.82, 2.24) is 0 Å². The average molecular weight is 238 g/mol. The molecule has 0 heterocycles. The molecule has 0 radical (unpaired) electrons. The lowest BCUT2D eigenvalue weighted by atomic mass is 9.83. The molecule has 0 aromatic heterocycles. The normalized spacial score (nSPS) is 19.2. The highest BCUT2D eigenvalue weighted by molar-refractivity contribution is 6.54. The summed E-state index contributed by atoms with van der Waals surface area (Å²) in [5.74, 6) is -0.816. The van der Waals surface area contributed by atoms with Gasteiger partial charge in [-0.2, -0.15) is 0 Å². The van der Waals surface area contributed by atoms with Gasteiger partial charge < -0.3 is 5.73 Å². The minimum atomic E-state index is -1.13. The van der Waals surface area contributed by atoms with E-state index < -0.39 is 11.8 Å². The lowest BCUT2D eigenvalue weighted by Crippen LogP contribution is -2.46. The Labute approximate surface area is 103 Å². The summed E-state index contributed by atoms with van der Waals surface area (Å²) in [5.41, 5.74) is 5.85. The van der Waals surface area contributed by atoms with Crippen LogP contribution in [0.2, 0.25) is 0 Å². The summed E-state index contributed by atoms with van der Waals surface area (Å²) >= 11 is 0. The molecule has 0 saturated carbocycles. The fourth-order valence-corrected chi connectivity index (χ4v) is 2.22. The summed E-state index contributed by atoms with van der Waals surface area (Å²) in [5, 5.41) is 9.34. The van der Waals surface area contributed by atoms with Crippen molar-refractivity contribution in [2.75, 3.05) is 0 Å². The zero-order valence-corrected chi connectivity index (χ0v) is 9.44. The van der Waals surface area contributed by atoms with Gasteiger partial charge in [0, 0.05) is 11.1 Å². The Kier molecular flexibility index (Phi) is 2.15. The highest BCUT2D eigenvalue weighted by Crippen LogP contribution is 2.25. The SMILES string of the molecule is N=C1C(=O)c2cc3ccccc3cc2C(=O)C1N. The van der Waals surface area contributed by atoms with Gasteiger partial charge in [-0.1, -0.05) is 24.3 Å². The van der Waals surface area contributed by atoms with Crippen LogP contribution < -0.4 is 5.73 Å². The molecule has 3 rings (SSSR count). The number of Topliss-reactive ketones (excluding diaryl/α,β-unsaturated/α-hetero) is 2. The first kappa shape index (κ1) is 10.8. The highest BCUT2D eigenvalue weighted by atomic mass is 16.1. The largest absolute Gasteiger partial charge is 0.316 e. The summed E-state index contributed by atoms with van der Waals surface area (Å²) in [6.45, 7) is 0. The van der Waals surface area contributed by atoms with Gasteiger partial charge in [-0.15, -0.1) is 0 Å². The topological polar surface area (TPSA) is 84.0 Å². The van der Waals surface area contributed by atoms with Gasteiger partial charge in [0.2, 0.25) is 5.78 Å². The second-order valence-corrected chi connectivity index (χ2v) is 4.33. The fraction of sp³-hybridized carbons (Fsp3) is 0.0714. The Balaban J connectivity index is 2.36. The lowest BCUT2D eigenvalue weighted by Gasteiger charge is -2.20. The van der Waals surface area contributed by atoms with Crippen molar-refractivity contribution in [2.24, 2.45) is 5.73 Å². The smallest absolute Gasteiger partial charge is 0.209 e. The van der Waals surface area contributed by atoms with Gasteiger partial charge in [-0.05, 0) is 22.9 Å². The number of benzene rings is 2. The van der Waals surface area contributed by atoms with Crippen LogP contribution in [0.25, 0.3) is 10.8 Å². The van der Waals surface area contributed by atoms with E-state index in [2.05, 4.69) is 0 Å². The zero-order valence-electron chi connectivity index (χ0n) is 9.44. The van der Waals surface area contributed by atoms with Crippen LogP contribution >= 0.6 is 0 Å². The Morgan fingerprint density at radius 2 is 1.56 bits per heavy atom. The third kappa shape index (κ3) is 1.33. The second-order valence-electron chi connectivity index (χ2n) is 4.33. The number of nitrogens with one attached hydrogen (secondary N) is 1. The second kappa shape index (κ2) is 3.58. The Morgan fingerprint density at radius 3 is 2.17 bits per heavy atom. The van der Waals surface area contributed by atoms with Crippen LogP contribution in [0.4, 0.5) is 0 Å². The van der Waals surface area contributed by atoms with Crippen LogP contribution in [-0.2, 0) is 0 Å². The maximum absolute atomic E-state index is 12.0. The molecule has 3 N–H and O–H groups in total. The molecule has 0 saturated heterocycles. The molecule has 1 atom stereocenters. The van der Waals surface area contributed by atoms with Crippen molar-refractivity contribution in [3.8, 4) is 0 Å². The van der Waals surface area contributed by atoms with Crippen LogP contribution in [-0.4, -0.2) is 23.3 Å². The van der Waals surface area contributed by atoms with Gasteiger partial charge in [0.15, 0.2) is 5.78 Å². The first-order valence-electron chi connectivity index (χ1n) is 5.55. The van der Waals surface area contributed by atoms with E-state index in [4.69, 9.17) is 11.1 Å². The summed E-state index contributed by atoms with van der Waals surface area (Å²) in [6.07, 6.45) is 0. The quantitative estimate of drug-likeness (QED) is 0.730. The number of carbonyl (C=O) groups excluding carboxylic acids is 2. The molecule has 0 aliphatic heterocycles. The van der Waals surface area contributed by atoms with Gasteiger partial charge >= 0.3 is 0 Å². The minimum Gasteiger partial charge on any atom is -0.316 e. The van der Waals surface area contributed by atoms with Gasteiger partial charge in [-0.3, -0.25) is 15.0 Å². The monoisotopic (exact) mass is 238 g/mol. The van der Waals surface area contributed by atoms with Crippen molar-refractivity contribution in [3.63, 3.8) is 0 Å². The molecule has 1 aliphatic rings. The molecule has 18 heavy (non-hydrogen) atoms. The number of ketones is 2. The molecule has 2 aromatic carbocycles. The van der Waals surface area contributed by atoms with Gasteiger partial charge in [0.25, 0.3) is 0 Å². The maximum Gasteiger partial charge on any atom is 0.209 e. The number of nitrogens with two attached hydrogens (primary N) is 1. The Morgan fingerprint density at radius 1 is 1.00 bits per heavy atom. The molecule has 0 bridgehead atoms. The zero-order chi connectivity index (χ0) is 12.9. The molecular weight excluding hydrogens is 228 g/mol. The summed E-state index contributed by atoms with van der Waals surface area (Å²) in [4.78, 5) is 24.0. The van der Waals surface area contributed by atoms with Crippen molar-refractivity contribution in [3.05, 3.63) is 47.5 Å². The van der Waals surface area contributed by atoms with Gasteiger partial charge in [0.05, 0.1) is 0 Å². The van der Waals surface area contributed by atoms with Crippen molar-refractivity contribution >= 4 is 28.1 Å². The molecule has 4 heteroatoms. The fourth-order valence-electron chi connectivity index (χ4n) is 2.22. The molecule has 88 valence electrons. The molecular formula is C14H10N2O2. The van der Waals surface area contributed by atoms with Crippen LogP contribution in [0.3, 0.4) is 0 Å². The van der Waals surface area contributed by atoms with E-state index in [0.717, 1.165) is 10.8 Å². The predicted octanol–water partition coefficient (Wildman–Crippen LogP) is 1.57. The van der Waals surface area contributed by atoms with Gasteiger partial charge in [-0.25, -0.2) is 0 Å². The maximum atomic E-state index is 12.0. The molecule has 0 spiro atoms. The molecule has 2 aromatic rings. The van der Waals surface area contributed by atoms with Gasteiger partial charge in [0.1, 0.15) is 11.8 Å². The molecule has 0 fully saturated rings. The highest BCUT2D eigenvalue weighted by Gasteiger charge is 2.35. The van der Waals surface area contributed by atoms with Crippen molar-refractivity contribution in [2.45, 2.75) is 6.04 Å². The number of hydrogen-bond donors (Lipinski definition) is 2. The van der Waals surface area contributed by atoms with Crippen LogP contribution in [0, 0.1) is 5.41 Å². The molecule has 1 unspecified atom stereocenters. The van der Waals surface area contributed by atoms with E-state index in [1.54, 1.807) is 12.1 Å². The number of hydrogen-bond acceptors (Lipinski definition) is 4. The Hall–Kier alpha value is -2.33. The standard InChI is InChI=1S/C14H10N2O2/c15-11-12(16)14(18)10-6-8-4-2-1-3-7(8)5-9(10)13(11)17/h1-6,11,16H,15H2. The van der Waals surface area contributed by atoms with Crippen molar-refractivity contribution < 1.29 is 9.59 Å². The number of carbonyl (C=O) groups is 2. The minimum absolute atomic E-state index is 0.283. The van der Waals surface area contributed by atoms with E-state index in [9.17, 15) is 9.59 Å². The van der Waals surface area contributed by atoms with E-state index >= 15 is 0 Å². The van der Waals surface area contributed by atoms with Crippen LogP contribution in [0.1, 0.15) is 20.7 Å².